The van der Waals surface area contributed by atoms with Crippen LogP contribution in [0.3, 0.4) is 0 Å². The zero-order valence-electron chi connectivity index (χ0n) is 13.9. The molecule has 0 aliphatic carbocycles. The SMILES string of the molecule is Cc1ccc2c(c1)C([Se]c1ccccc1)=C([Se]c1ccccc1)CO2. The van der Waals surface area contributed by atoms with E-state index >= 15 is 0 Å². The number of hydrogen-bond donors (Lipinski definition) is 0. The second-order valence-electron chi connectivity index (χ2n) is 5.87. The topological polar surface area (TPSA) is 9.23 Å². The molecule has 0 spiro atoms. The van der Waals surface area contributed by atoms with Crippen molar-refractivity contribution < 1.29 is 4.74 Å². The molecule has 0 atom stereocenters. The molecule has 1 heterocycles. The summed E-state index contributed by atoms with van der Waals surface area (Å²) in [5.74, 6) is 1.03. The third kappa shape index (κ3) is 3.91. The van der Waals surface area contributed by atoms with Crippen LogP contribution in [-0.2, 0) is 0 Å². The average molecular weight is 456 g/mol. The molecule has 3 aromatic carbocycles. The molecule has 124 valence electrons. The molecule has 0 unspecified atom stereocenters. The monoisotopic (exact) mass is 458 g/mol. The van der Waals surface area contributed by atoms with E-state index < -0.39 is 0 Å². The number of fused-ring (bicyclic) bond motifs is 1. The summed E-state index contributed by atoms with van der Waals surface area (Å²) >= 11 is 0.591. The van der Waals surface area contributed by atoms with Gasteiger partial charge in [-0.3, -0.25) is 0 Å². The Morgan fingerprint density at radius 2 is 1.40 bits per heavy atom. The van der Waals surface area contributed by atoms with Gasteiger partial charge < -0.3 is 0 Å². The van der Waals surface area contributed by atoms with Crippen molar-refractivity contribution >= 4 is 43.3 Å². The summed E-state index contributed by atoms with van der Waals surface area (Å²) < 4.78 is 11.9. The van der Waals surface area contributed by atoms with Crippen LogP contribution in [0.5, 0.6) is 5.75 Å². The Hall–Kier alpha value is -1.76. The van der Waals surface area contributed by atoms with Gasteiger partial charge in [0.05, 0.1) is 0 Å². The Bertz CT molecular complexity index is 902. The van der Waals surface area contributed by atoms with Crippen LogP contribution in [0.4, 0.5) is 0 Å². The molecule has 0 bridgehead atoms. The molecule has 3 aromatic rings. The molecule has 0 saturated carbocycles. The molecule has 3 heteroatoms. The Morgan fingerprint density at radius 1 is 0.760 bits per heavy atom. The Labute approximate surface area is 161 Å². The van der Waals surface area contributed by atoms with E-state index in [-0.39, 0.29) is 0 Å². The molecule has 25 heavy (non-hydrogen) atoms. The van der Waals surface area contributed by atoms with Crippen molar-refractivity contribution in [3.63, 3.8) is 0 Å². The van der Waals surface area contributed by atoms with Crippen molar-refractivity contribution in [1.82, 2.24) is 0 Å². The molecule has 4 rings (SSSR count). The summed E-state index contributed by atoms with van der Waals surface area (Å²) in [5.41, 5.74) is 2.58. The van der Waals surface area contributed by atoms with Crippen molar-refractivity contribution in [2.75, 3.05) is 6.61 Å². The van der Waals surface area contributed by atoms with Gasteiger partial charge in [0, 0.05) is 0 Å². The van der Waals surface area contributed by atoms with Crippen LogP contribution in [0.15, 0.2) is 83.3 Å². The number of benzene rings is 3. The number of ether oxygens (including phenoxy) is 1. The second-order valence-corrected chi connectivity index (χ2v) is 10.6. The predicted molar refractivity (Wildman–Crippen MR) is 107 cm³/mol. The molecule has 0 aromatic heterocycles. The Balaban J connectivity index is 1.78. The van der Waals surface area contributed by atoms with Crippen LogP contribution in [0.25, 0.3) is 4.47 Å². The first-order valence-electron chi connectivity index (χ1n) is 8.22. The maximum atomic E-state index is 6.10. The van der Waals surface area contributed by atoms with Gasteiger partial charge in [0.15, 0.2) is 0 Å². The zero-order valence-corrected chi connectivity index (χ0v) is 17.4. The molecule has 1 aliphatic rings. The van der Waals surface area contributed by atoms with Crippen LogP contribution >= 0.6 is 0 Å². The van der Waals surface area contributed by atoms with Gasteiger partial charge in [0.1, 0.15) is 0 Å². The van der Waals surface area contributed by atoms with Crippen LogP contribution in [0.2, 0.25) is 0 Å². The fourth-order valence-electron chi connectivity index (χ4n) is 2.73. The average Bonchev–Trinajstić information content (AvgIpc) is 2.65. The molecule has 0 fully saturated rings. The summed E-state index contributed by atoms with van der Waals surface area (Å²) in [6.45, 7) is 2.87. The van der Waals surface area contributed by atoms with Crippen molar-refractivity contribution in [3.8, 4) is 5.75 Å². The van der Waals surface area contributed by atoms with E-state index in [1.54, 1.807) is 0 Å². The summed E-state index contributed by atoms with van der Waals surface area (Å²) in [6.07, 6.45) is 0. The normalized spacial score (nSPS) is 13.3. The van der Waals surface area contributed by atoms with Crippen molar-refractivity contribution in [3.05, 3.63) is 94.5 Å². The van der Waals surface area contributed by atoms with Gasteiger partial charge in [-0.15, -0.1) is 0 Å². The Morgan fingerprint density at radius 3 is 2.08 bits per heavy atom. The van der Waals surface area contributed by atoms with E-state index in [4.69, 9.17) is 4.74 Å². The van der Waals surface area contributed by atoms with Crippen LogP contribution in [0.1, 0.15) is 11.1 Å². The molecule has 0 saturated heterocycles. The molecular formula is C22H18OSe2. The summed E-state index contributed by atoms with van der Waals surface area (Å²) in [7, 11) is 0. The summed E-state index contributed by atoms with van der Waals surface area (Å²) in [5, 5.41) is 0. The minimum absolute atomic E-state index is 0.291. The Kier molecular flexibility index (Phi) is 5.10. The van der Waals surface area contributed by atoms with E-state index in [1.165, 1.54) is 29.0 Å². The molecule has 1 nitrogen and oxygen atoms in total. The first kappa shape index (κ1) is 16.7. The predicted octanol–water partition coefficient (Wildman–Crippen LogP) is 3.12. The zero-order chi connectivity index (χ0) is 17.1. The van der Waals surface area contributed by atoms with Gasteiger partial charge >= 0.3 is 162 Å². The summed E-state index contributed by atoms with van der Waals surface area (Å²) in [4.78, 5) is 0. The molecule has 0 radical (unpaired) electrons. The van der Waals surface area contributed by atoms with Gasteiger partial charge in [-0.2, -0.15) is 0 Å². The molecule has 0 N–H and O–H groups in total. The second kappa shape index (κ2) is 7.64. The van der Waals surface area contributed by atoms with Crippen molar-refractivity contribution in [2.45, 2.75) is 6.92 Å². The molecular weight excluding hydrogens is 438 g/mol. The molecule has 1 aliphatic heterocycles. The van der Waals surface area contributed by atoms with Gasteiger partial charge in [0.2, 0.25) is 0 Å². The van der Waals surface area contributed by atoms with Crippen molar-refractivity contribution in [2.24, 2.45) is 0 Å². The summed E-state index contributed by atoms with van der Waals surface area (Å²) in [6, 6.07) is 28.2. The molecule has 0 amide bonds. The van der Waals surface area contributed by atoms with E-state index in [1.807, 2.05) is 0 Å². The van der Waals surface area contributed by atoms with Crippen LogP contribution in [-0.4, -0.2) is 36.5 Å². The third-order valence-electron chi connectivity index (χ3n) is 3.94. The first-order chi connectivity index (χ1) is 12.3. The maximum absolute atomic E-state index is 6.10. The van der Waals surface area contributed by atoms with Gasteiger partial charge in [-0.05, 0) is 0 Å². The van der Waals surface area contributed by atoms with E-state index in [2.05, 4.69) is 85.8 Å². The fraction of sp³-hybridized carbons (Fsp3) is 0.0909. The van der Waals surface area contributed by atoms with E-state index in [0.29, 0.717) is 29.9 Å². The van der Waals surface area contributed by atoms with E-state index in [0.717, 1.165) is 12.4 Å². The van der Waals surface area contributed by atoms with Crippen LogP contribution < -0.4 is 13.7 Å². The number of hydrogen-bond acceptors (Lipinski definition) is 1. The van der Waals surface area contributed by atoms with Crippen molar-refractivity contribution in [1.29, 1.82) is 0 Å². The third-order valence-corrected chi connectivity index (χ3v) is 9.32. The van der Waals surface area contributed by atoms with E-state index in [9.17, 15) is 0 Å². The fourth-order valence-corrected chi connectivity index (χ4v) is 7.56. The standard InChI is InChI=1S/C22H18OSe2/c1-16-12-13-20-19(14-16)22(25-18-10-6-3-7-11-18)21(15-23-20)24-17-8-4-2-5-9-17/h2-14H,15H2,1H3. The minimum atomic E-state index is 0.291. The number of aryl methyl sites for hydroxylation is 1. The quantitative estimate of drug-likeness (QED) is 0.549. The van der Waals surface area contributed by atoms with Gasteiger partial charge in [0.25, 0.3) is 0 Å². The number of rotatable bonds is 4. The first-order valence-corrected chi connectivity index (χ1v) is 11.6. The van der Waals surface area contributed by atoms with Gasteiger partial charge in [-0.1, -0.05) is 0 Å². The van der Waals surface area contributed by atoms with Gasteiger partial charge in [-0.25, -0.2) is 0 Å². The van der Waals surface area contributed by atoms with Crippen LogP contribution in [0, 0.1) is 6.92 Å².